The second kappa shape index (κ2) is 5.25. The molecular formula is C9H9FIN2O7P. The number of H-pyrrole nitrogens is 1. The molecule has 0 radical (unpaired) electrons. The molecule has 0 saturated carbocycles. The Balaban J connectivity index is 1.94. The van der Waals surface area contributed by atoms with E-state index in [0.717, 1.165) is 4.57 Å². The van der Waals surface area contributed by atoms with E-state index in [2.05, 4.69) is 4.52 Å². The molecule has 21 heavy (non-hydrogen) atoms. The monoisotopic (exact) mass is 434 g/mol. The Hall–Kier alpha value is -0.590. The van der Waals surface area contributed by atoms with Gasteiger partial charge in [-0.2, -0.15) is 4.39 Å². The van der Waals surface area contributed by atoms with Crippen LogP contribution < -0.4 is 11.2 Å². The van der Waals surface area contributed by atoms with Gasteiger partial charge < -0.3 is 9.63 Å². The molecule has 9 nitrogen and oxygen atoms in total. The average molecular weight is 434 g/mol. The quantitative estimate of drug-likeness (QED) is 0.365. The second-order valence-corrected chi connectivity index (χ2v) is 6.94. The SMILES string of the molecule is O=c1[nH]c(=O)n([C@H]2C[C@@H]3OP(=O)(O)OC[C@H]3O2)c(I)c1F. The Morgan fingerprint density at radius 2 is 2.14 bits per heavy atom. The first-order chi connectivity index (χ1) is 9.78. The predicted octanol–water partition coefficient (Wildman–Crippen LogP) is 0.0836. The standard InChI is InChI=1S/C9H9FIN2O7P/c10-6-7(11)13(9(15)12-8(6)14)5-1-3-4(19-5)2-18-21(16,17)20-3/h3-5H,1-2H2,(H,16,17)(H,12,14,15)/t3-,4+,5+/m0/s1. The zero-order valence-electron chi connectivity index (χ0n) is 10.2. The molecule has 0 aromatic carbocycles. The first kappa shape index (κ1) is 15.3. The normalized spacial score (nSPS) is 35.7. The van der Waals surface area contributed by atoms with Crippen molar-refractivity contribution in [3.63, 3.8) is 0 Å². The van der Waals surface area contributed by atoms with Gasteiger partial charge in [0.15, 0.2) is 0 Å². The zero-order chi connectivity index (χ0) is 15.4. The van der Waals surface area contributed by atoms with Crippen LogP contribution in [0.5, 0.6) is 0 Å². The van der Waals surface area contributed by atoms with E-state index < -0.39 is 43.3 Å². The van der Waals surface area contributed by atoms with Gasteiger partial charge in [0.25, 0.3) is 5.56 Å². The van der Waals surface area contributed by atoms with Crippen molar-refractivity contribution >= 4 is 30.4 Å². The number of rotatable bonds is 1. The smallest absolute Gasteiger partial charge is 0.349 e. The fourth-order valence-corrected chi connectivity index (χ4v) is 3.98. The molecule has 1 aromatic rings. The van der Waals surface area contributed by atoms with Crippen LogP contribution in [0.15, 0.2) is 9.59 Å². The summed E-state index contributed by atoms with van der Waals surface area (Å²) in [5, 5.41) is 0. The molecule has 2 aliphatic rings. The van der Waals surface area contributed by atoms with Gasteiger partial charge >= 0.3 is 13.5 Å². The number of nitrogens with one attached hydrogen (secondary N) is 1. The summed E-state index contributed by atoms with van der Waals surface area (Å²) in [6.45, 7) is -0.174. The highest BCUT2D eigenvalue weighted by Crippen LogP contribution is 2.52. The van der Waals surface area contributed by atoms with Gasteiger partial charge in [0.05, 0.1) is 6.61 Å². The summed E-state index contributed by atoms with van der Waals surface area (Å²) in [6.07, 6.45) is -2.27. The van der Waals surface area contributed by atoms with Crippen LogP contribution in [0.2, 0.25) is 0 Å². The van der Waals surface area contributed by atoms with Crippen LogP contribution in [0.3, 0.4) is 0 Å². The minimum Gasteiger partial charge on any atom is -0.349 e. The van der Waals surface area contributed by atoms with Crippen LogP contribution in [0.4, 0.5) is 4.39 Å². The van der Waals surface area contributed by atoms with Crippen LogP contribution in [0.25, 0.3) is 0 Å². The van der Waals surface area contributed by atoms with Crippen molar-refractivity contribution in [2.45, 2.75) is 24.9 Å². The number of fused-ring (bicyclic) bond motifs is 1. The van der Waals surface area contributed by atoms with Gasteiger partial charge in [-0.3, -0.25) is 23.4 Å². The number of phosphoric ester groups is 1. The highest BCUT2D eigenvalue weighted by Gasteiger charge is 2.47. The maximum absolute atomic E-state index is 13.6. The minimum absolute atomic E-state index is 0.0555. The lowest BCUT2D eigenvalue weighted by Crippen LogP contribution is -2.37. The van der Waals surface area contributed by atoms with Gasteiger partial charge in [0.2, 0.25) is 5.82 Å². The van der Waals surface area contributed by atoms with E-state index in [1.165, 1.54) is 22.6 Å². The molecule has 1 aromatic heterocycles. The third kappa shape index (κ3) is 2.73. The summed E-state index contributed by atoms with van der Waals surface area (Å²) in [7, 11) is -4.12. The Morgan fingerprint density at radius 3 is 2.86 bits per heavy atom. The van der Waals surface area contributed by atoms with Gasteiger partial charge in [-0.15, -0.1) is 0 Å². The summed E-state index contributed by atoms with van der Waals surface area (Å²) in [5.41, 5.74) is -1.95. The van der Waals surface area contributed by atoms with E-state index in [0.29, 0.717) is 0 Å². The third-order valence-electron chi connectivity index (χ3n) is 3.17. The van der Waals surface area contributed by atoms with E-state index in [1.54, 1.807) is 0 Å². The summed E-state index contributed by atoms with van der Waals surface area (Å²) in [6, 6.07) is 0. The molecule has 0 spiro atoms. The Bertz CT molecular complexity index is 749. The molecule has 1 unspecified atom stereocenters. The molecule has 0 amide bonds. The highest BCUT2D eigenvalue weighted by molar-refractivity contribution is 14.1. The average Bonchev–Trinajstić information content (AvgIpc) is 2.77. The first-order valence-corrected chi connectivity index (χ1v) is 8.37. The lowest BCUT2D eigenvalue weighted by molar-refractivity contribution is -0.0688. The number of aromatic amines is 1. The van der Waals surface area contributed by atoms with Gasteiger partial charge in [0, 0.05) is 6.42 Å². The Morgan fingerprint density at radius 1 is 1.43 bits per heavy atom. The largest absolute Gasteiger partial charge is 0.472 e. The topological polar surface area (TPSA) is 120 Å². The van der Waals surface area contributed by atoms with Crippen LogP contribution in [-0.2, 0) is 18.3 Å². The Kier molecular flexibility index (Phi) is 3.83. The molecule has 2 fully saturated rings. The Labute approximate surface area is 129 Å². The van der Waals surface area contributed by atoms with Crippen molar-refractivity contribution in [3.05, 3.63) is 30.4 Å². The van der Waals surface area contributed by atoms with Crippen molar-refractivity contribution in [3.8, 4) is 0 Å². The number of phosphoric acid groups is 1. The van der Waals surface area contributed by atoms with Crippen LogP contribution in [0, 0.1) is 9.52 Å². The minimum atomic E-state index is -4.12. The molecule has 12 heteroatoms. The highest BCUT2D eigenvalue weighted by atomic mass is 127. The summed E-state index contributed by atoms with van der Waals surface area (Å²) in [4.78, 5) is 34.1. The maximum Gasteiger partial charge on any atom is 0.472 e. The van der Waals surface area contributed by atoms with Crippen LogP contribution in [0.1, 0.15) is 12.6 Å². The molecular weight excluding hydrogens is 425 g/mol. The molecule has 2 N–H and O–H groups in total. The fourth-order valence-electron chi connectivity index (χ4n) is 2.25. The third-order valence-corrected chi connectivity index (χ3v) is 5.18. The fraction of sp³-hybridized carbons (Fsp3) is 0.556. The van der Waals surface area contributed by atoms with Crippen LogP contribution in [-0.4, -0.2) is 33.3 Å². The molecule has 0 aliphatic carbocycles. The second-order valence-electron chi connectivity index (χ2n) is 4.51. The van der Waals surface area contributed by atoms with E-state index in [9.17, 15) is 23.4 Å². The lowest BCUT2D eigenvalue weighted by atomic mass is 10.2. The molecule has 0 bridgehead atoms. The van der Waals surface area contributed by atoms with Gasteiger partial charge in [-0.25, -0.2) is 9.36 Å². The predicted molar refractivity (Wildman–Crippen MR) is 73.2 cm³/mol. The molecule has 116 valence electrons. The zero-order valence-corrected chi connectivity index (χ0v) is 13.2. The van der Waals surface area contributed by atoms with Crippen molar-refractivity contribution in [1.29, 1.82) is 0 Å². The number of hydrogen-bond acceptors (Lipinski definition) is 6. The van der Waals surface area contributed by atoms with Crippen molar-refractivity contribution in [2.24, 2.45) is 0 Å². The van der Waals surface area contributed by atoms with Crippen molar-refractivity contribution in [1.82, 2.24) is 9.55 Å². The number of hydrogen-bond donors (Lipinski definition) is 2. The molecule has 4 atom stereocenters. The number of nitrogens with zero attached hydrogens (tertiary/aromatic N) is 1. The van der Waals surface area contributed by atoms with Gasteiger partial charge in [-0.1, -0.05) is 0 Å². The van der Waals surface area contributed by atoms with Crippen molar-refractivity contribution < 1.29 is 27.6 Å². The summed E-state index contributed by atoms with van der Waals surface area (Å²) < 4.78 is 40.6. The van der Waals surface area contributed by atoms with Gasteiger partial charge in [-0.05, 0) is 22.6 Å². The maximum atomic E-state index is 13.6. The van der Waals surface area contributed by atoms with E-state index in [4.69, 9.17) is 9.26 Å². The van der Waals surface area contributed by atoms with E-state index >= 15 is 0 Å². The van der Waals surface area contributed by atoms with Gasteiger partial charge in [0.1, 0.15) is 22.1 Å². The first-order valence-electron chi connectivity index (χ1n) is 5.79. The summed E-state index contributed by atoms with van der Waals surface area (Å²) in [5.74, 6) is -1.10. The molecule has 2 saturated heterocycles. The number of ether oxygens (including phenoxy) is 1. The van der Waals surface area contributed by atoms with E-state index in [1.807, 2.05) is 4.98 Å². The molecule has 3 heterocycles. The number of halogens is 2. The molecule has 2 aliphatic heterocycles. The van der Waals surface area contributed by atoms with Crippen LogP contribution >= 0.6 is 30.4 Å². The lowest BCUT2D eigenvalue weighted by Gasteiger charge is -2.26. The number of aromatic nitrogens is 2. The molecule has 3 rings (SSSR count). The summed E-state index contributed by atoms with van der Waals surface area (Å²) >= 11 is 1.52. The van der Waals surface area contributed by atoms with E-state index in [-0.39, 0.29) is 16.7 Å². The van der Waals surface area contributed by atoms with Crippen molar-refractivity contribution in [2.75, 3.05) is 6.61 Å².